The van der Waals surface area contributed by atoms with Crippen molar-refractivity contribution in [1.29, 1.82) is 0 Å². The second-order valence-electron chi connectivity index (χ2n) is 3.34. The summed E-state index contributed by atoms with van der Waals surface area (Å²) in [6, 6.07) is 3.31. The summed E-state index contributed by atoms with van der Waals surface area (Å²) in [4.78, 5) is 3.20. The third-order valence-corrected chi connectivity index (χ3v) is 3.22. The third kappa shape index (κ3) is 1.97. The van der Waals surface area contributed by atoms with Gasteiger partial charge in [0.05, 0.1) is 5.69 Å². The van der Waals surface area contributed by atoms with E-state index in [2.05, 4.69) is 4.98 Å². The molecule has 0 N–H and O–H groups in total. The van der Waals surface area contributed by atoms with Crippen molar-refractivity contribution < 1.29 is 17.6 Å². The second kappa shape index (κ2) is 3.62. The number of nitrogens with zero attached hydrogens (tertiary/aromatic N) is 1. The number of thiazole rings is 1. The van der Waals surface area contributed by atoms with Crippen LogP contribution in [0, 0.1) is 13.8 Å². The Morgan fingerprint density at radius 1 is 1.25 bits per heavy atom. The summed E-state index contributed by atoms with van der Waals surface area (Å²) in [5.41, 5.74) is -0.0125. The maximum Gasteiger partial charge on any atom is 0.427 e. The van der Waals surface area contributed by atoms with Gasteiger partial charge in [0.1, 0.15) is 10.6 Å². The van der Waals surface area contributed by atoms with E-state index in [4.69, 9.17) is 4.42 Å². The maximum absolute atomic E-state index is 12.5. The molecule has 2 aromatic rings. The predicted octanol–water partition coefficient (Wildman–Crippen LogP) is 4.04. The van der Waals surface area contributed by atoms with Crippen molar-refractivity contribution in [3.05, 3.63) is 28.5 Å². The van der Waals surface area contributed by atoms with E-state index in [0.29, 0.717) is 22.9 Å². The van der Waals surface area contributed by atoms with Crippen LogP contribution in [0.3, 0.4) is 0 Å². The first kappa shape index (κ1) is 11.2. The van der Waals surface area contributed by atoms with E-state index in [1.165, 1.54) is 6.92 Å². The summed E-state index contributed by atoms with van der Waals surface area (Å²) in [7, 11) is 0. The molecule has 0 atom stereocenters. The number of rotatable bonds is 1. The highest BCUT2D eigenvalue weighted by Gasteiger charge is 2.36. The first-order valence-corrected chi connectivity index (χ1v) is 5.31. The van der Waals surface area contributed by atoms with Crippen LogP contribution in [0.2, 0.25) is 0 Å². The zero-order chi connectivity index (χ0) is 11.9. The first-order chi connectivity index (χ1) is 7.38. The molecule has 0 aliphatic heterocycles. The van der Waals surface area contributed by atoms with Crippen LogP contribution in [0.15, 0.2) is 16.5 Å². The quantitative estimate of drug-likeness (QED) is 0.760. The Morgan fingerprint density at radius 2 is 1.94 bits per heavy atom. The van der Waals surface area contributed by atoms with Gasteiger partial charge in [-0.1, -0.05) is 0 Å². The number of hydrogen-bond donors (Lipinski definition) is 0. The maximum atomic E-state index is 12.5. The molecule has 2 rings (SSSR count). The molecule has 2 aromatic heterocycles. The fraction of sp³-hybridized carbons (Fsp3) is 0.300. The molecule has 86 valence electrons. The van der Waals surface area contributed by atoms with Crippen LogP contribution in [0.25, 0.3) is 10.8 Å². The van der Waals surface area contributed by atoms with Crippen LogP contribution in [-0.4, -0.2) is 4.98 Å². The van der Waals surface area contributed by atoms with Crippen LogP contribution in [-0.2, 0) is 6.18 Å². The summed E-state index contributed by atoms with van der Waals surface area (Å²) in [5.74, 6) is 1.03. The minimum Gasteiger partial charge on any atom is -0.459 e. The highest BCUT2D eigenvalue weighted by molar-refractivity contribution is 7.15. The van der Waals surface area contributed by atoms with E-state index in [-0.39, 0.29) is 10.7 Å². The zero-order valence-corrected chi connectivity index (χ0v) is 9.37. The lowest BCUT2D eigenvalue weighted by molar-refractivity contribution is -0.134. The van der Waals surface area contributed by atoms with Gasteiger partial charge in [-0.15, -0.1) is 11.3 Å². The number of alkyl halides is 3. The van der Waals surface area contributed by atoms with Gasteiger partial charge in [-0.05, 0) is 26.0 Å². The summed E-state index contributed by atoms with van der Waals surface area (Å²) in [6.07, 6.45) is -4.35. The molecule has 0 saturated carbocycles. The Morgan fingerprint density at radius 3 is 2.38 bits per heavy atom. The van der Waals surface area contributed by atoms with Gasteiger partial charge in [-0.2, -0.15) is 13.2 Å². The molecule has 0 unspecified atom stereocenters. The highest BCUT2D eigenvalue weighted by atomic mass is 32.1. The lowest BCUT2D eigenvalue weighted by Gasteiger charge is -2.01. The minimum absolute atomic E-state index is 0.0125. The zero-order valence-electron chi connectivity index (χ0n) is 8.55. The van der Waals surface area contributed by atoms with Gasteiger partial charge in [0.25, 0.3) is 0 Å². The van der Waals surface area contributed by atoms with Gasteiger partial charge in [0.15, 0.2) is 10.8 Å². The average molecular weight is 247 g/mol. The lowest BCUT2D eigenvalue weighted by Crippen LogP contribution is -2.03. The Labute approximate surface area is 93.7 Å². The summed E-state index contributed by atoms with van der Waals surface area (Å²) in [5, 5.41) is 0.262. The number of aryl methyl sites for hydroxylation is 2. The fourth-order valence-electron chi connectivity index (χ4n) is 1.31. The molecule has 0 aliphatic carbocycles. The van der Waals surface area contributed by atoms with E-state index in [9.17, 15) is 13.2 Å². The lowest BCUT2D eigenvalue weighted by atomic mass is 10.4. The van der Waals surface area contributed by atoms with Crippen molar-refractivity contribution in [3.63, 3.8) is 0 Å². The molecule has 6 heteroatoms. The molecule has 0 radical (unpaired) electrons. The number of hydrogen-bond acceptors (Lipinski definition) is 3. The molecule has 0 fully saturated rings. The molecule has 0 aromatic carbocycles. The van der Waals surface area contributed by atoms with Crippen LogP contribution in [0.5, 0.6) is 0 Å². The Kier molecular flexibility index (Phi) is 2.53. The standard InChI is InChI=1S/C10H8F3NOS/c1-5-3-4-7(15-5)9-14-6(2)8(16-9)10(11,12)13/h3-4H,1-2H3. The number of aromatic nitrogens is 1. The van der Waals surface area contributed by atoms with E-state index in [0.717, 1.165) is 0 Å². The van der Waals surface area contributed by atoms with Crippen LogP contribution in [0.1, 0.15) is 16.3 Å². The second-order valence-corrected chi connectivity index (χ2v) is 4.34. The fourth-order valence-corrected chi connectivity index (χ4v) is 2.21. The van der Waals surface area contributed by atoms with Gasteiger partial charge in [-0.25, -0.2) is 4.98 Å². The van der Waals surface area contributed by atoms with E-state index < -0.39 is 11.1 Å². The number of halogens is 3. The molecule has 2 nitrogen and oxygen atoms in total. The van der Waals surface area contributed by atoms with Gasteiger partial charge in [0, 0.05) is 0 Å². The van der Waals surface area contributed by atoms with Gasteiger partial charge in [0.2, 0.25) is 0 Å². The molecule has 2 heterocycles. The van der Waals surface area contributed by atoms with Gasteiger partial charge in [-0.3, -0.25) is 0 Å². The smallest absolute Gasteiger partial charge is 0.427 e. The van der Waals surface area contributed by atoms with Crippen LogP contribution in [0.4, 0.5) is 13.2 Å². The van der Waals surface area contributed by atoms with Crippen molar-refractivity contribution in [2.75, 3.05) is 0 Å². The minimum atomic E-state index is -4.35. The van der Waals surface area contributed by atoms with Crippen molar-refractivity contribution in [3.8, 4) is 10.8 Å². The van der Waals surface area contributed by atoms with Crippen molar-refractivity contribution in [1.82, 2.24) is 4.98 Å². The van der Waals surface area contributed by atoms with E-state index >= 15 is 0 Å². The largest absolute Gasteiger partial charge is 0.459 e. The normalized spacial score (nSPS) is 12.1. The average Bonchev–Trinajstić information content (AvgIpc) is 2.70. The predicted molar refractivity (Wildman–Crippen MR) is 54.3 cm³/mol. The highest BCUT2D eigenvalue weighted by Crippen LogP contribution is 2.39. The molecular formula is C10H8F3NOS. The number of furan rings is 1. The molecule has 0 saturated heterocycles. The molecule has 0 bridgehead atoms. The van der Waals surface area contributed by atoms with Gasteiger partial charge >= 0.3 is 6.18 Å². The molecule has 0 aliphatic rings. The van der Waals surface area contributed by atoms with Crippen molar-refractivity contribution >= 4 is 11.3 Å². The van der Waals surface area contributed by atoms with Crippen molar-refractivity contribution in [2.24, 2.45) is 0 Å². The first-order valence-electron chi connectivity index (χ1n) is 4.49. The van der Waals surface area contributed by atoms with Gasteiger partial charge < -0.3 is 4.42 Å². The Bertz CT molecular complexity index is 512. The topological polar surface area (TPSA) is 26.0 Å². The van der Waals surface area contributed by atoms with Crippen molar-refractivity contribution in [2.45, 2.75) is 20.0 Å². The Hall–Kier alpha value is -1.30. The molecular weight excluding hydrogens is 239 g/mol. The van der Waals surface area contributed by atoms with Crippen LogP contribution < -0.4 is 0 Å². The Balaban J connectivity index is 2.46. The summed E-state index contributed by atoms with van der Waals surface area (Å²) >= 11 is 0.603. The summed E-state index contributed by atoms with van der Waals surface area (Å²) in [6.45, 7) is 3.08. The monoisotopic (exact) mass is 247 g/mol. The van der Waals surface area contributed by atoms with E-state index in [1.807, 2.05) is 0 Å². The van der Waals surface area contributed by atoms with Crippen LogP contribution >= 0.6 is 11.3 Å². The molecule has 0 amide bonds. The molecule has 16 heavy (non-hydrogen) atoms. The molecule has 0 spiro atoms. The third-order valence-electron chi connectivity index (χ3n) is 2.01. The summed E-state index contributed by atoms with van der Waals surface area (Å²) < 4.78 is 42.8. The van der Waals surface area contributed by atoms with E-state index in [1.54, 1.807) is 19.1 Å². The SMILES string of the molecule is Cc1ccc(-c2nc(C)c(C(F)(F)F)s2)o1.